The van der Waals surface area contributed by atoms with Crippen molar-refractivity contribution in [2.24, 2.45) is 0 Å². The lowest BCUT2D eigenvalue weighted by Gasteiger charge is -2.07. The number of rotatable bonds is 4. The van der Waals surface area contributed by atoms with Crippen molar-refractivity contribution >= 4 is 27.9 Å². The Morgan fingerprint density at radius 3 is 2.86 bits per heavy atom. The van der Waals surface area contributed by atoms with E-state index in [9.17, 15) is 9.59 Å². The summed E-state index contributed by atoms with van der Waals surface area (Å²) in [6, 6.07) is 9.78. The van der Waals surface area contributed by atoms with Crippen molar-refractivity contribution < 1.29 is 4.79 Å². The molecule has 0 radical (unpaired) electrons. The van der Waals surface area contributed by atoms with Crippen LogP contribution >= 0.6 is 11.3 Å². The van der Waals surface area contributed by atoms with E-state index in [-0.39, 0.29) is 17.2 Å². The molecule has 3 aromatic rings. The van der Waals surface area contributed by atoms with Gasteiger partial charge in [0.25, 0.3) is 5.56 Å². The van der Waals surface area contributed by atoms with Gasteiger partial charge in [-0.25, -0.2) is 4.98 Å². The van der Waals surface area contributed by atoms with Crippen molar-refractivity contribution in [3.8, 4) is 0 Å². The molecule has 22 heavy (non-hydrogen) atoms. The highest BCUT2D eigenvalue weighted by Crippen LogP contribution is 2.13. The molecule has 0 saturated heterocycles. The average molecular weight is 313 g/mol. The number of carbonyl (C=O) groups is 1. The molecule has 0 atom stereocenters. The Kier molecular flexibility index (Phi) is 4.02. The molecule has 0 unspecified atom stereocenters. The first-order valence-corrected chi connectivity index (χ1v) is 7.83. The average Bonchev–Trinajstić information content (AvgIpc) is 2.99. The summed E-state index contributed by atoms with van der Waals surface area (Å²) >= 11 is 1.39. The van der Waals surface area contributed by atoms with Crippen LogP contribution in [0.2, 0.25) is 0 Å². The van der Waals surface area contributed by atoms with E-state index in [1.165, 1.54) is 15.7 Å². The fourth-order valence-electron chi connectivity index (χ4n) is 2.23. The first kappa shape index (κ1) is 14.5. The molecule has 0 aliphatic carbocycles. The Morgan fingerprint density at radius 2 is 2.09 bits per heavy atom. The highest BCUT2D eigenvalue weighted by Gasteiger charge is 2.13. The van der Waals surface area contributed by atoms with Crippen LogP contribution in [0.25, 0.3) is 4.96 Å². The van der Waals surface area contributed by atoms with Gasteiger partial charge in [-0.2, -0.15) is 0 Å². The smallest absolute Gasteiger partial charge is 0.282 e. The zero-order valence-corrected chi connectivity index (χ0v) is 12.9. The maximum Gasteiger partial charge on any atom is 0.282 e. The number of amides is 1. The number of nitrogens with one attached hydrogen (secondary N) is 1. The quantitative estimate of drug-likeness (QED) is 0.805. The topological polar surface area (TPSA) is 63.5 Å². The summed E-state index contributed by atoms with van der Waals surface area (Å²) in [7, 11) is 0. The summed E-state index contributed by atoms with van der Waals surface area (Å²) in [5, 5.41) is 4.50. The molecule has 0 aliphatic heterocycles. The molecule has 0 fully saturated rings. The van der Waals surface area contributed by atoms with Crippen LogP contribution in [0.15, 0.2) is 46.7 Å². The summed E-state index contributed by atoms with van der Waals surface area (Å²) < 4.78 is 1.45. The molecule has 0 aliphatic rings. The summed E-state index contributed by atoms with van der Waals surface area (Å²) in [6.07, 6.45) is 2.63. The Bertz CT molecular complexity index is 868. The van der Waals surface area contributed by atoms with E-state index in [1.807, 2.05) is 30.3 Å². The summed E-state index contributed by atoms with van der Waals surface area (Å²) in [6.45, 7) is 1.73. The van der Waals surface area contributed by atoms with Crippen LogP contribution in [-0.2, 0) is 11.2 Å². The number of carbonyl (C=O) groups excluding carboxylic acids is 1. The van der Waals surface area contributed by atoms with E-state index in [0.717, 1.165) is 5.56 Å². The molecule has 0 bridgehead atoms. The van der Waals surface area contributed by atoms with E-state index in [0.29, 0.717) is 23.5 Å². The van der Waals surface area contributed by atoms with Crippen LogP contribution < -0.4 is 10.9 Å². The molecule has 1 amide bonds. The molecular formula is C16H15N3O2S. The van der Waals surface area contributed by atoms with E-state index in [4.69, 9.17) is 0 Å². The molecular weight excluding hydrogens is 298 g/mol. The zero-order chi connectivity index (χ0) is 15.5. The Balaban J connectivity index is 1.75. The monoisotopic (exact) mass is 313 g/mol. The van der Waals surface area contributed by atoms with Crippen molar-refractivity contribution in [2.45, 2.75) is 19.8 Å². The van der Waals surface area contributed by atoms with Crippen LogP contribution in [0.1, 0.15) is 17.7 Å². The van der Waals surface area contributed by atoms with Crippen LogP contribution in [0.4, 0.5) is 5.69 Å². The molecule has 2 heterocycles. The molecule has 0 spiro atoms. The second-order valence-corrected chi connectivity index (χ2v) is 5.84. The number of aromatic nitrogens is 2. The lowest BCUT2D eigenvalue weighted by Crippen LogP contribution is -2.24. The molecule has 1 N–H and O–H groups in total. The van der Waals surface area contributed by atoms with Crippen molar-refractivity contribution in [3.05, 3.63) is 63.5 Å². The molecule has 112 valence electrons. The molecule has 3 rings (SSSR count). The molecule has 5 nitrogen and oxygen atoms in total. The van der Waals surface area contributed by atoms with Gasteiger partial charge in [-0.3, -0.25) is 14.0 Å². The number of nitrogens with zero attached hydrogens (tertiary/aromatic N) is 2. The first-order chi connectivity index (χ1) is 10.6. The number of anilines is 1. The third-order valence-corrected chi connectivity index (χ3v) is 4.15. The van der Waals surface area contributed by atoms with Gasteiger partial charge in [0.2, 0.25) is 5.91 Å². The van der Waals surface area contributed by atoms with Crippen LogP contribution in [-0.4, -0.2) is 15.3 Å². The van der Waals surface area contributed by atoms with Gasteiger partial charge in [0.05, 0.1) is 5.69 Å². The van der Waals surface area contributed by atoms with E-state index in [1.54, 1.807) is 18.5 Å². The highest BCUT2D eigenvalue weighted by molar-refractivity contribution is 7.15. The Labute approximate surface area is 131 Å². The molecule has 2 aromatic heterocycles. The van der Waals surface area contributed by atoms with Crippen LogP contribution in [0.3, 0.4) is 0 Å². The number of aryl methyl sites for hydroxylation is 2. The number of hydrogen-bond donors (Lipinski definition) is 1. The third kappa shape index (κ3) is 2.92. The lowest BCUT2D eigenvalue weighted by atomic mass is 10.1. The lowest BCUT2D eigenvalue weighted by molar-refractivity contribution is -0.116. The minimum Gasteiger partial charge on any atom is -0.320 e. The van der Waals surface area contributed by atoms with Gasteiger partial charge in [0, 0.05) is 18.0 Å². The molecule has 6 heteroatoms. The van der Waals surface area contributed by atoms with Gasteiger partial charge in [0.15, 0.2) is 4.96 Å². The fraction of sp³-hybridized carbons (Fsp3) is 0.188. The van der Waals surface area contributed by atoms with Gasteiger partial charge >= 0.3 is 0 Å². The van der Waals surface area contributed by atoms with Gasteiger partial charge in [0.1, 0.15) is 5.69 Å². The minimum absolute atomic E-state index is 0.180. The van der Waals surface area contributed by atoms with Crippen LogP contribution in [0.5, 0.6) is 0 Å². The first-order valence-electron chi connectivity index (χ1n) is 6.95. The summed E-state index contributed by atoms with van der Waals surface area (Å²) in [5.74, 6) is -0.180. The van der Waals surface area contributed by atoms with Gasteiger partial charge in [-0.05, 0) is 18.9 Å². The zero-order valence-electron chi connectivity index (χ0n) is 12.1. The molecule has 1 aromatic carbocycles. The number of thiazole rings is 1. The van der Waals surface area contributed by atoms with Gasteiger partial charge in [-0.1, -0.05) is 30.3 Å². The predicted octanol–water partition coefficient (Wildman–Crippen LogP) is 2.64. The maximum atomic E-state index is 12.3. The molecule has 0 saturated carbocycles. The normalized spacial score (nSPS) is 10.8. The van der Waals surface area contributed by atoms with Crippen LogP contribution in [0, 0.1) is 6.92 Å². The largest absolute Gasteiger partial charge is 0.320 e. The second-order valence-electron chi connectivity index (χ2n) is 4.97. The fourth-order valence-corrected chi connectivity index (χ4v) is 2.98. The van der Waals surface area contributed by atoms with E-state index in [2.05, 4.69) is 10.3 Å². The summed E-state index contributed by atoms with van der Waals surface area (Å²) in [4.78, 5) is 29.4. The SMILES string of the molecule is Cc1nc2sccn2c(=O)c1NC(=O)CCc1ccccc1. The van der Waals surface area contributed by atoms with E-state index < -0.39 is 0 Å². The van der Waals surface area contributed by atoms with Crippen molar-refractivity contribution in [1.82, 2.24) is 9.38 Å². The van der Waals surface area contributed by atoms with Crippen molar-refractivity contribution in [1.29, 1.82) is 0 Å². The van der Waals surface area contributed by atoms with Gasteiger partial charge in [-0.15, -0.1) is 11.3 Å². The number of hydrogen-bond acceptors (Lipinski definition) is 4. The second kappa shape index (κ2) is 6.11. The predicted molar refractivity (Wildman–Crippen MR) is 87.5 cm³/mol. The standard InChI is InChI=1S/C16H15N3O2S/c1-11-14(15(21)19-9-10-22-16(19)17-11)18-13(20)8-7-12-5-3-2-4-6-12/h2-6,9-10H,7-8H2,1H3,(H,18,20). The van der Waals surface area contributed by atoms with Crippen molar-refractivity contribution in [3.63, 3.8) is 0 Å². The summed E-state index contributed by atoms with van der Waals surface area (Å²) in [5.41, 5.74) is 1.66. The maximum absolute atomic E-state index is 12.3. The highest BCUT2D eigenvalue weighted by atomic mass is 32.1. The Morgan fingerprint density at radius 1 is 1.32 bits per heavy atom. The number of benzene rings is 1. The number of fused-ring (bicyclic) bond motifs is 1. The van der Waals surface area contributed by atoms with E-state index >= 15 is 0 Å². The Hall–Kier alpha value is -2.47. The minimum atomic E-state index is -0.239. The third-order valence-electron chi connectivity index (χ3n) is 3.40. The van der Waals surface area contributed by atoms with Crippen molar-refractivity contribution in [2.75, 3.05) is 5.32 Å². The van der Waals surface area contributed by atoms with Gasteiger partial charge < -0.3 is 5.32 Å².